The van der Waals surface area contributed by atoms with E-state index in [1.165, 1.54) is 43.4 Å². The van der Waals surface area contributed by atoms with E-state index < -0.39 is 17.8 Å². The molecular weight excluding hydrogens is 503 g/mol. The van der Waals surface area contributed by atoms with Crippen LogP contribution in [-0.4, -0.2) is 45.3 Å². The van der Waals surface area contributed by atoms with E-state index >= 15 is 0 Å². The van der Waals surface area contributed by atoms with Crippen LogP contribution in [0.15, 0.2) is 60.7 Å². The van der Waals surface area contributed by atoms with Gasteiger partial charge in [-0.05, 0) is 60.9 Å². The summed E-state index contributed by atoms with van der Waals surface area (Å²) < 4.78 is 36.4. The van der Waals surface area contributed by atoms with Gasteiger partial charge >= 0.3 is 0 Å². The maximum absolute atomic E-state index is 14.4. The van der Waals surface area contributed by atoms with Crippen molar-refractivity contribution >= 4 is 17.5 Å². The monoisotopic (exact) mass is 534 g/mol. The molecule has 204 valence electrons. The number of rotatable bonds is 8. The predicted octanol–water partition coefficient (Wildman–Crippen LogP) is 5.06. The lowest BCUT2D eigenvalue weighted by Gasteiger charge is -2.33. The van der Waals surface area contributed by atoms with Crippen molar-refractivity contribution < 1.29 is 32.9 Å². The number of hydrogen-bond acceptors (Lipinski definition) is 6. The number of methoxy groups -OCH3 is 2. The number of halogens is 1. The van der Waals surface area contributed by atoms with Crippen LogP contribution in [-0.2, 0) is 4.79 Å². The van der Waals surface area contributed by atoms with Crippen molar-refractivity contribution in [3.05, 3.63) is 77.6 Å². The fraction of sp³-hybridized carbons (Fsp3) is 0.333. The molecule has 0 bridgehead atoms. The Morgan fingerprint density at radius 2 is 1.64 bits per heavy atom. The van der Waals surface area contributed by atoms with Gasteiger partial charge in [0.15, 0.2) is 11.5 Å². The number of fused-ring (bicyclic) bond motifs is 1. The van der Waals surface area contributed by atoms with E-state index in [1.807, 2.05) is 0 Å². The summed E-state index contributed by atoms with van der Waals surface area (Å²) in [6, 6.07) is 14.4. The van der Waals surface area contributed by atoms with Crippen LogP contribution in [0.1, 0.15) is 47.6 Å². The number of ether oxygens (including phenoxy) is 4. The van der Waals surface area contributed by atoms with Gasteiger partial charge in [0, 0.05) is 17.7 Å². The molecule has 0 aromatic heterocycles. The Hall–Kier alpha value is -4.27. The van der Waals surface area contributed by atoms with Gasteiger partial charge in [-0.15, -0.1) is 0 Å². The third kappa shape index (κ3) is 5.62. The molecule has 1 aliphatic heterocycles. The number of hydrogen-bond donors (Lipinski definition) is 1. The lowest BCUT2D eigenvalue weighted by molar-refractivity contribution is -0.123. The standard InChI is InChI=1S/C30H31FN2O6/c1-36-23-12-14-25(37-2)24(18-23)33(30(35)20-9-13-26-27(17-20)39-16-15-38-26)28(19-7-10-21(31)11-8-19)29(34)32-22-5-3-4-6-22/h7-14,17-18,22,28H,3-6,15-16H2,1-2H3,(H,32,34). The van der Waals surface area contributed by atoms with Crippen molar-refractivity contribution in [2.75, 3.05) is 32.3 Å². The molecule has 5 rings (SSSR count). The number of nitrogens with zero attached hydrogens (tertiary/aromatic N) is 1. The van der Waals surface area contributed by atoms with Crippen molar-refractivity contribution in [1.82, 2.24) is 5.32 Å². The molecule has 1 fully saturated rings. The summed E-state index contributed by atoms with van der Waals surface area (Å²) in [5.41, 5.74) is 1.06. The molecule has 3 aromatic rings. The van der Waals surface area contributed by atoms with Gasteiger partial charge < -0.3 is 24.3 Å². The number of amides is 2. The van der Waals surface area contributed by atoms with E-state index in [-0.39, 0.29) is 17.5 Å². The minimum atomic E-state index is -1.13. The zero-order valence-corrected chi connectivity index (χ0v) is 21.9. The van der Waals surface area contributed by atoms with Gasteiger partial charge in [-0.25, -0.2) is 4.39 Å². The quantitative estimate of drug-likeness (QED) is 0.435. The Balaban J connectivity index is 1.66. The first-order valence-corrected chi connectivity index (χ1v) is 13.0. The van der Waals surface area contributed by atoms with Crippen molar-refractivity contribution in [2.45, 2.75) is 37.8 Å². The van der Waals surface area contributed by atoms with Crippen LogP contribution in [0, 0.1) is 5.82 Å². The second kappa shape index (κ2) is 11.6. The van der Waals surface area contributed by atoms with Crippen LogP contribution in [0.3, 0.4) is 0 Å². The van der Waals surface area contributed by atoms with E-state index in [0.29, 0.717) is 47.5 Å². The first-order chi connectivity index (χ1) is 19.0. The predicted molar refractivity (Wildman–Crippen MR) is 143 cm³/mol. The highest BCUT2D eigenvalue weighted by atomic mass is 19.1. The molecule has 9 heteroatoms. The third-order valence-corrected chi connectivity index (χ3v) is 7.05. The van der Waals surface area contributed by atoms with Gasteiger partial charge in [0.1, 0.15) is 36.6 Å². The van der Waals surface area contributed by atoms with E-state index in [9.17, 15) is 14.0 Å². The molecule has 39 heavy (non-hydrogen) atoms. The van der Waals surface area contributed by atoms with E-state index in [0.717, 1.165) is 25.7 Å². The number of benzene rings is 3. The zero-order chi connectivity index (χ0) is 27.4. The Kier molecular flexibility index (Phi) is 7.86. The molecule has 8 nitrogen and oxygen atoms in total. The summed E-state index contributed by atoms with van der Waals surface area (Å²) in [7, 11) is 3.01. The van der Waals surface area contributed by atoms with Gasteiger partial charge in [-0.1, -0.05) is 25.0 Å². The minimum absolute atomic E-state index is 0.00102. The molecule has 1 saturated carbocycles. The highest BCUT2D eigenvalue weighted by Crippen LogP contribution is 2.40. The molecule has 2 amide bonds. The first kappa shape index (κ1) is 26.3. The number of carbonyl (C=O) groups is 2. The lowest BCUT2D eigenvalue weighted by atomic mass is 10.0. The second-order valence-electron chi connectivity index (χ2n) is 9.52. The molecule has 1 aliphatic carbocycles. The molecule has 3 aromatic carbocycles. The van der Waals surface area contributed by atoms with Crippen LogP contribution in [0.4, 0.5) is 10.1 Å². The molecule has 1 atom stereocenters. The summed E-state index contributed by atoms with van der Waals surface area (Å²) in [4.78, 5) is 29.8. The van der Waals surface area contributed by atoms with Crippen LogP contribution in [0.2, 0.25) is 0 Å². The van der Waals surface area contributed by atoms with Gasteiger partial charge in [0.2, 0.25) is 5.91 Å². The normalized spacial score (nSPS) is 15.4. The minimum Gasteiger partial charge on any atom is -0.497 e. The molecule has 0 spiro atoms. The smallest absolute Gasteiger partial charge is 0.259 e. The van der Waals surface area contributed by atoms with Crippen molar-refractivity contribution in [3.63, 3.8) is 0 Å². The van der Waals surface area contributed by atoms with Gasteiger partial charge in [-0.3, -0.25) is 14.5 Å². The first-order valence-electron chi connectivity index (χ1n) is 13.0. The van der Waals surface area contributed by atoms with Gasteiger partial charge in [0.05, 0.1) is 19.9 Å². The molecular formula is C30H31FN2O6. The maximum Gasteiger partial charge on any atom is 0.259 e. The summed E-state index contributed by atoms with van der Waals surface area (Å²) >= 11 is 0. The second-order valence-corrected chi connectivity index (χ2v) is 9.52. The number of nitrogens with one attached hydrogen (secondary N) is 1. The van der Waals surface area contributed by atoms with Crippen molar-refractivity contribution in [2.24, 2.45) is 0 Å². The van der Waals surface area contributed by atoms with Crippen LogP contribution >= 0.6 is 0 Å². The summed E-state index contributed by atoms with van der Waals surface area (Å²) in [5, 5.41) is 3.12. The van der Waals surface area contributed by atoms with Gasteiger partial charge in [0.25, 0.3) is 5.91 Å². The molecule has 0 saturated heterocycles. The largest absolute Gasteiger partial charge is 0.497 e. The molecule has 1 unspecified atom stereocenters. The molecule has 1 N–H and O–H groups in total. The highest BCUT2D eigenvalue weighted by Gasteiger charge is 2.37. The van der Waals surface area contributed by atoms with Crippen LogP contribution in [0.5, 0.6) is 23.0 Å². The van der Waals surface area contributed by atoms with Crippen LogP contribution in [0.25, 0.3) is 0 Å². The van der Waals surface area contributed by atoms with Crippen molar-refractivity contribution in [1.29, 1.82) is 0 Å². The lowest BCUT2D eigenvalue weighted by Crippen LogP contribution is -2.46. The molecule has 2 aliphatic rings. The summed E-state index contributed by atoms with van der Waals surface area (Å²) in [5.74, 6) is 0.522. The summed E-state index contributed by atoms with van der Waals surface area (Å²) in [6.45, 7) is 0.779. The van der Waals surface area contributed by atoms with E-state index in [4.69, 9.17) is 18.9 Å². The van der Waals surface area contributed by atoms with Crippen LogP contribution < -0.4 is 29.2 Å². The Morgan fingerprint density at radius 3 is 2.33 bits per heavy atom. The fourth-order valence-corrected chi connectivity index (χ4v) is 5.08. The van der Waals surface area contributed by atoms with Crippen molar-refractivity contribution in [3.8, 4) is 23.0 Å². The Labute approximate surface area is 226 Å². The molecule has 1 heterocycles. The third-order valence-electron chi connectivity index (χ3n) is 7.05. The SMILES string of the molecule is COc1ccc(OC)c(N(C(=O)c2ccc3c(c2)OCCO3)C(C(=O)NC2CCCC2)c2ccc(F)cc2)c1. The zero-order valence-electron chi connectivity index (χ0n) is 21.9. The number of carbonyl (C=O) groups excluding carboxylic acids is 2. The molecule has 0 radical (unpaired) electrons. The van der Waals surface area contributed by atoms with E-state index in [2.05, 4.69) is 5.32 Å². The average Bonchev–Trinajstić information content (AvgIpc) is 3.48. The summed E-state index contributed by atoms with van der Waals surface area (Å²) in [6.07, 6.45) is 3.77. The average molecular weight is 535 g/mol. The Bertz CT molecular complexity index is 1340. The number of anilines is 1. The highest BCUT2D eigenvalue weighted by molar-refractivity contribution is 6.11. The maximum atomic E-state index is 14.4. The fourth-order valence-electron chi connectivity index (χ4n) is 5.08. The van der Waals surface area contributed by atoms with Gasteiger partial charge in [-0.2, -0.15) is 0 Å². The Morgan fingerprint density at radius 1 is 0.923 bits per heavy atom. The topological polar surface area (TPSA) is 86.3 Å². The van der Waals surface area contributed by atoms with E-state index in [1.54, 1.807) is 36.4 Å².